The van der Waals surface area contributed by atoms with Crippen molar-refractivity contribution in [2.24, 2.45) is 0 Å². The van der Waals surface area contributed by atoms with Crippen molar-refractivity contribution in [1.82, 2.24) is 0 Å². The van der Waals surface area contributed by atoms with Crippen molar-refractivity contribution >= 4 is 11.6 Å². The highest BCUT2D eigenvalue weighted by molar-refractivity contribution is 5.60. The van der Waals surface area contributed by atoms with Crippen LogP contribution in [0, 0.1) is 11.3 Å². The highest BCUT2D eigenvalue weighted by Crippen LogP contribution is 2.25. The number of fused-ring (bicyclic) bond motifs is 1. The van der Waals surface area contributed by atoms with E-state index in [-0.39, 0.29) is 0 Å². The van der Waals surface area contributed by atoms with Crippen molar-refractivity contribution in [1.29, 1.82) is 5.26 Å². The number of anilines is 2. The first-order valence-electron chi connectivity index (χ1n) is 8.80. The molecule has 23 heavy (non-hydrogen) atoms. The van der Waals surface area contributed by atoms with Crippen LogP contribution in [0.4, 0.5) is 11.6 Å². The summed E-state index contributed by atoms with van der Waals surface area (Å²) in [5, 5.41) is 16.5. The number of nitriles is 1. The van der Waals surface area contributed by atoms with Crippen LogP contribution in [0.15, 0.2) is 0 Å². The second-order valence-electron chi connectivity index (χ2n) is 6.37. The van der Waals surface area contributed by atoms with Crippen LogP contribution < -0.4 is 26.3 Å². The predicted molar refractivity (Wildman–Crippen MR) is 91.1 cm³/mol. The van der Waals surface area contributed by atoms with Gasteiger partial charge in [-0.15, -0.1) is 0 Å². The van der Waals surface area contributed by atoms with E-state index in [0.717, 1.165) is 56.3 Å². The average Bonchev–Trinajstić information content (AvgIpc) is 2.56. The van der Waals surface area contributed by atoms with Gasteiger partial charge in [0.2, 0.25) is 11.6 Å². The quantitative estimate of drug-likeness (QED) is 0.473. The lowest BCUT2D eigenvalue weighted by Crippen LogP contribution is -3.08. The van der Waals surface area contributed by atoms with Gasteiger partial charge in [-0.3, -0.25) is 5.32 Å². The number of aromatic amines is 1. The van der Waals surface area contributed by atoms with E-state index in [9.17, 15) is 5.26 Å². The smallest absolute Gasteiger partial charge is 0.237 e. The van der Waals surface area contributed by atoms with Crippen molar-refractivity contribution in [3.05, 3.63) is 16.7 Å². The van der Waals surface area contributed by atoms with E-state index in [0.29, 0.717) is 0 Å². The first-order valence-corrected chi connectivity index (χ1v) is 8.80. The summed E-state index contributed by atoms with van der Waals surface area (Å²) in [5.41, 5.74) is 7.13. The summed E-state index contributed by atoms with van der Waals surface area (Å²) in [6, 6.07) is 2.40. The molecule has 0 saturated carbocycles. The van der Waals surface area contributed by atoms with Gasteiger partial charge in [-0.05, 0) is 12.0 Å². The van der Waals surface area contributed by atoms with Crippen molar-refractivity contribution in [2.75, 3.05) is 43.9 Å². The predicted octanol–water partition coefficient (Wildman–Crippen LogP) is -0.801. The number of H-pyrrole nitrogens is 1. The lowest BCUT2D eigenvalue weighted by atomic mass is 9.96. The molecule has 1 atom stereocenters. The van der Waals surface area contributed by atoms with Gasteiger partial charge < -0.3 is 16.0 Å². The molecule has 0 saturated heterocycles. The van der Waals surface area contributed by atoms with Crippen molar-refractivity contribution in [2.45, 2.75) is 39.2 Å². The largest absolute Gasteiger partial charge is 0.355 e. The van der Waals surface area contributed by atoms with E-state index in [2.05, 4.69) is 41.4 Å². The SMILES string of the molecule is CCCCCNc1[nH+]c(NCC[NH3+])c(C#N)c2c1C[NH+](C)CC2. The number of unbranched alkanes of at least 4 members (excludes halogenated alkanes) is 2. The minimum atomic E-state index is 0.768. The maximum absolute atomic E-state index is 9.62. The summed E-state index contributed by atoms with van der Waals surface area (Å²) >= 11 is 0. The molecule has 1 unspecified atom stereocenters. The number of aromatic nitrogens is 1. The lowest BCUT2D eigenvalue weighted by Gasteiger charge is -2.24. The number of pyridine rings is 1. The second-order valence-corrected chi connectivity index (χ2v) is 6.37. The average molecular weight is 319 g/mol. The second kappa shape index (κ2) is 8.70. The van der Waals surface area contributed by atoms with Crippen molar-refractivity contribution < 1.29 is 15.6 Å². The van der Waals surface area contributed by atoms with Crippen LogP contribution in [0.25, 0.3) is 0 Å². The summed E-state index contributed by atoms with van der Waals surface area (Å²) in [5.74, 6) is 1.92. The minimum Gasteiger partial charge on any atom is -0.355 e. The van der Waals surface area contributed by atoms with E-state index in [1.165, 1.54) is 35.3 Å². The number of rotatable bonds is 8. The Hall–Kier alpha value is -1.84. The molecule has 0 aromatic carbocycles. The normalized spacial score (nSPS) is 16.5. The molecule has 126 valence electrons. The highest BCUT2D eigenvalue weighted by atomic mass is 15.1. The van der Waals surface area contributed by atoms with Crippen LogP contribution in [0.1, 0.15) is 42.9 Å². The topological polar surface area (TPSA) is 94.1 Å². The van der Waals surface area contributed by atoms with Crippen LogP contribution in [-0.4, -0.2) is 33.2 Å². The lowest BCUT2D eigenvalue weighted by molar-refractivity contribution is -0.895. The summed E-state index contributed by atoms with van der Waals surface area (Å²) < 4.78 is 0. The molecule has 2 heterocycles. The molecular formula is C17H31N6+3. The maximum atomic E-state index is 9.62. The van der Waals surface area contributed by atoms with Crippen LogP contribution in [-0.2, 0) is 13.0 Å². The number of nitrogens with zero attached hydrogens (tertiary/aromatic N) is 1. The number of hydrogen-bond donors (Lipinski definition) is 4. The Morgan fingerprint density at radius 1 is 1.22 bits per heavy atom. The van der Waals surface area contributed by atoms with Crippen LogP contribution >= 0.6 is 0 Å². The highest BCUT2D eigenvalue weighted by Gasteiger charge is 2.28. The fraction of sp³-hybridized carbons (Fsp3) is 0.647. The summed E-state index contributed by atoms with van der Waals surface area (Å²) in [6.07, 6.45) is 4.59. The molecule has 1 aromatic heterocycles. The van der Waals surface area contributed by atoms with Crippen molar-refractivity contribution in [3.63, 3.8) is 0 Å². The zero-order valence-electron chi connectivity index (χ0n) is 14.5. The number of nitrogens with one attached hydrogen (secondary N) is 4. The summed E-state index contributed by atoms with van der Waals surface area (Å²) in [4.78, 5) is 4.93. The zero-order valence-corrected chi connectivity index (χ0v) is 14.5. The Kier molecular flexibility index (Phi) is 6.63. The zero-order chi connectivity index (χ0) is 16.7. The van der Waals surface area contributed by atoms with Crippen LogP contribution in [0.2, 0.25) is 0 Å². The Bertz CT molecular complexity index is 563. The maximum Gasteiger partial charge on any atom is 0.237 e. The fourth-order valence-corrected chi connectivity index (χ4v) is 3.12. The van der Waals surface area contributed by atoms with Crippen LogP contribution in [0.5, 0.6) is 0 Å². The fourth-order valence-electron chi connectivity index (χ4n) is 3.12. The molecule has 0 aliphatic carbocycles. The van der Waals surface area contributed by atoms with Gasteiger partial charge >= 0.3 is 0 Å². The molecule has 1 aliphatic heterocycles. The van der Waals surface area contributed by atoms with Gasteiger partial charge in [0.15, 0.2) is 0 Å². The van der Waals surface area contributed by atoms with E-state index >= 15 is 0 Å². The first-order chi connectivity index (χ1) is 11.2. The Balaban J connectivity index is 2.32. The van der Waals surface area contributed by atoms with Gasteiger partial charge in [-0.25, -0.2) is 4.98 Å². The third kappa shape index (κ3) is 4.34. The monoisotopic (exact) mass is 319 g/mol. The molecular weight excluding hydrogens is 288 g/mol. The summed E-state index contributed by atoms with van der Waals surface area (Å²) in [7, 11) is 2.21. The third-order valence-electron chi connectivity index (χ3n) is 4.42. The molecule has 2 rings (SSSR count). The molecule has 0 radical (unpaired) electrons. The Morgan fingerprint density at radius 3 is 2.70 bits per heavy atom. The first kappa shape index (κ1) is 17.5. The summed E-state index contributed by atoms with van der Waals surface area (Å²) in [6.45, 7) is 6.79. The third-order valence-corrected chi connectivity index (χ3v) is 4.42. The van der Waals surface area contributed by atoms with Gasteiger partial charge in [-0.1, -0.05) is 19.8 Å². The molecule has 0 fully saturated rings. The van der Waals surface area contributed by atoms with Gasteiger partial charge in [0.25, 0.3) is 0 Å². The van der Waals surface area contributed by atoms with Crippen LogP contribution in [0.3, 0.4) is 0 Å². The number of likely N-dealkylation sites (N-methyl/N-ethyl adjacent to an activating group) is 1. The number of quaternary nitrogens is 2. The molecule has 6 nitrogen and oxygen atoms in total. The van der Waals surface area contributed by atoms with Crippen molar-refractivity contribution in [3.8, 4) is 6.07 Å². The van der Waals surface area contributed by atoms with Gasteiger partial charge in [0, 0.05) is 6.42 Å². The Morgan fingerprint density at radius 2 is 2.00 bits per heavy atom. The van der Waals surface area contributed by atoms with Gasteiger partial charge in [0.05, 0.1) is 25.7 Å². The molecule has 1 aliphatic rings. The standard InChI is InChI=1S/C17H28N6/c1-3-4-5-8-20-17-15-12-23(2)10-6-13(15)14(11-19)16(22-17)21-9-7-18/h3-10,12,18H2,1-2H3,(H2,20,21,22)/p+3. The Labute approximate surface area is 139 Å². The molecule has 0 amide bonds. The molecule has 0 bridgehead atoms. The molecule has 6 heteroatoms. The van der Waals surface area contributed by atoms with Gasteiger partial charge in [-0.2, -0.15) is 5.26 Å². The van der Waals surface area contributed by atoms with E-state index in [1.807, 2.05) is 0 Å². The molecule has 1 aromatic rings. The van der Waals surface area contributed by atoms with E-state index in [1.54, 1.807) is 0 Å². The van der Waals surface area contributed by atoms with E-state index < -0.39 is 0 Å². The molecule has 0 spiro atoms. The molecule has 7 N–H and O–H groups in total. The number of hydrogen-bond acceptors (Lipinski definition) is 3. The van der Waals surface area contributed by atoms with Gasteiger partial charge in [0.1, 0.15) is 31.3 Å². The minimum absolute atomic E-state index is 0.768. The van der Waals surface area contributed by atoms with E-state index in [4.69, 9.17) is 0 Å².